The van der Waals surface area contributed by atoms with Gasteiger partial charge in [0.1, 0.15) is 5.75 Å². The molecule has 0 aromatic heterocycles. The summed E-state index contributed by atoms with van der Waals surface area (Å²) < 4.78 is 0. The van der Waals surface area contributed by atoms with Gasteiger partial charge >= 0.3 is 0 Å². The molecule has 0 fully saturated rings. The van der Waals surface area contributed by atoms with Gasteiger partial charge in [0, 0.05) is 0 Å². The molecular weight excluding hydrogens is 114 g/mol. The van der Waals surface area contributed by atoms with Crippen LogP contribution in [0.15, 0.2) is 24.3 Å². The molecule has 0 amide bonds. The van der Waals surface area contributed by atoms with Gasteiger partial charge < -0.3 is 5.11 Å². The third kappa shape index (κ3) is 1.20. The van der Waals surface area contributed by atoms with Crippen molar-refractivity contribution in [2.75, 3.05) is 0 Å². The molecule has 0 spiro atoms. The van der Waals surface area contributed by atoms with Gasteiger partial charge in [0.15, 0.2) is 5.69 Å². The van der Waals surface area contributed by atoms with E-state index < -0.39 is 0 Å². The number of hydrogen-bond donors (Lipinski definition) is 1. The summed E-state index contributed by atoms with van der Waals surface area (Å²) in [6, 6.07) is 6.13. The van der Waals surface area contributed by atoms with Gasteiger partial charge in [-0.1, -0.05) is 12.1 Å². The Labute approximate surface area is 53.2 Å². The highest BCUT2D eigenvalue weighted by atomic mass is 16.3. The van der Waals surface area contributed by atoms with Gasteiger partial charge in [0.25, 0.3) is 0 Å². The molecule has 0 aliphatic carbocycles. The Balaban J connectivity index is 3.06. The number of hydrogen-bond acceptors (Lipinski definition) is 1. The van der Waals surface area contributed by atoms with Gasteiger partial charge in [-0.05, 0) is 12.1 Å². The molecule has 0 aliphatic rings. The molecule has 9 heavy (non-hydrogen) atoms. The second-order valence-corrected chi connectivity index (χ2v) is 1.63. The minimum Gasteiger partial charge on any atom is -0.508 e. The summed E-state index contributed by atoms with van der Waals surface area (Å²) >= 11 is 0. The predicted molar refractivity (Wildman–Crippen MR) is 34.4 cm³/mol. The molecule has 1 rings (SSSR count). The molecule has 0 unspecified atom stereocenters. The number of aromatic hydroxyl groups is 1. The third-order valence-electron chi connectivity index (χ3n) is 0.979. The van der Waals surface area contributed by atoms with E-state index in [0.29, 0.717) is 5.69 Å². The van der Waals surface area contributed by atoms with Crippen LogP contribution in [0.1, 0.15) is 0 Å². The third-order valence-corrected chi connectivity index (χ3v) is 0.979. The fourth-order valence-electron chi connectivity index (χ4n) is 0.527. The van der Waals surface area contributed by atoms with Crippen LogP contribution in [-0.2, 0) is 0 Å². The summed E-state index contributed by atoms with van der Waals surface area (Å²) in [5.74, 6) is 0.197. The number of rotatable bonds is 0. The second kappa shape index (κ2) is 2.19. The molecule has 0 aliphatic heterocycles. The van der Waals surface area contributed by atoms with Crippen molar-refractivity contribution in [1.82, 2.24) is 0 Å². The summed E-state index contributed by atoms with van der Waals surface area (Å²) in [6.45, 7) is 6.56. The highest BCUT2D eigenvalue weighted by Crippen LogP contribution is 2.15. The molecule has 0 saturated heterocycles. The fraction of sp³-hybridized carbons (Fsp3) is 0. The van der Waals surface area contributed by atoms with E-state index in [1.807, 2.05) is 0 Å². The average Bonchev–Trinajstić information content (AvgIpc) is 1.90. The van der Waals surface area contributed by atoms with Gasteiger partial charge in [0.05, 0.1) is 6.57 Å². The summed E-state index contributed by atoms with van der Waals surface area (Å²) in [5.41, 5.74) is 0.549. The van der Waals surface area contributed by atoms with Gasteiger partial charge in [-0.3, -0.25) is 0 Å². The Bertz CT molecular complexity index is 232. The molecule has 1 aromatic carbocycles. The zero-order chi connectivity index (χ0) is 6.69. The zero-order valence-corrected chi connectivity index (χ0v) is 4.70. The molecule has 0 saturated carbocycles. The van der Waals surface area contributed by atoms with Gasteiger partial charge in [-0.25, -0.2) is 4.85 Å². The second-order valence-electron chi connectivity index (χ2n) is 1.63. The lowest BCUT2D eigenvalue weighted by atomic mass is 10.3. The van der Waals surface area contributed by atoms with Crippen LogP contribution in [0, 0.1) is 6.57 Å². The Morgan fingerprint density at radius 1 is 1.22 bits per heavy atom. The van der Waals surface area contributed by atoms with Crippen molar-refractivity contribution in [2.24, 2.45) is 0 Å². The molecule has 0 heterocycles. The summed E-state index contributed by atoms with van der Waals surface area (Å²) in [5, 5.41) is 8.75. The number of phenolic OH excluding ortho intramolecular Hbond substituents is 1. The van der Waals surface area contributed by atoms with Crippen LogP contribution >= 0.6 is 0 Å². The van der Waals surface area contributed by atoms with Crippen LogP contribution < -0.4 is 0 Å². The van der Waals surface area contributed by atoms with Crippen molar-refractivity contribution in [3.05, 3.63) is 35.7 Å². The first-order valence-electron chi connectivity index (χ1n) is 2.49. The van der Waals surface area contributed by atoms with E-state index in [2.05, 4.69) is 4.85 Å². The Morgan fingerprint density at radius 3 is 2.22 bits per heavy atom. The van der Waals surface area contributed by atoms with E-state index in [-0.39, 0.29) is 5.75 Å². The Kier molecular flexibility index (Phi) is 1.37. The van der Waals surface area contributed by atoms with Crippen LogP contribution in [0.4, 0.5) is 5.69 Å². The molecule has 0 radical (unpaired) electrons. The molecule has 0 atom stereocenters. The van der Waals surface area contributed by atoms with Crippen molar-refractivity contribution in [3.8, 4) is 5.75 Å². The Morgan fingerprint density at radius 2 is 1.78 bits per heavy atom. The first-order chi connectivity index (χ1) is 4.33. The molecule has 1 aromatic rings. The highest BCUT2D eigenvalue weighted by Gasteiger charge is 1.86. The van der Waals surface area contributed by atoms with Crippen LogP contribution in [0.3, 0.4) is 0 Å². The van der Waals surface area contributed by atoms with Crippen molar-refractivity contribution >= 4 is 5.69 Å². The molecule has 1 N–H and O–H groups in total. The van der Waals surface area contributed by atoms with Gasteiger partial charge in [-0.15, -0.1) is 0 Å². The largest absolute Gasteiger partial charge is 0.508 e. The lowest BCUT2D eigenvalue weighted by Gasteiger charge is -1.87. The number of phenols is 1. The maximum Gasteiger partial charge on any atom is 0.187 e. The topological polar surface area (TPSA) is 24.6 Å². The molecule has 44 valence electrons. The van der Waals surface area contributed by atoms with Gasteiger partial charge in [0.2, 0.25) is 0 Å². The van der Waals surface area contributed by atoms with E-state index in [4.69, 9.17) is 11.7 Å². The van der Waals surface area contributed by atoms with E-state index in [1.165, 1.54) is 12.1 Å². The summed E-state index contributed by atoms with van der Waals surface area (Å²) in [4.78, 5) is 3.15. The maximum absolute atomic E-state index is 8.75. The van der Waals surface area contributed by atoms with E-state index >= 15 is 0 Å². The van der Waals surface area contributed by atoms with Crippen LogP contribution in [-0.4, -0.2) is 5.11 Å². The monoisotopic (exact) mass is 119 g/mol. The quantitative estimate of drug-likeness (QED) is 0.518. The van der Waals surface area contributed by atoms with Crippen LogP contribution in [0.25, 0.3) is 4.85 Å². The summed E-state index contributed by atoms with van der Waals surface area (Å²) in [7, 11) is 0. The van der Waals surface area contributed by atoms with E-state index in [1.54, 1.807) is 12.1 Å². The van der Waals surface area contributed by atoms with Crippen LogP contribution in [0.5, 0.6) is 5.75 Å². The molecule has 2 nitrogen and oxygen atoms in total. The fourth-order valence-corrected chi connectivity index (χ4v) is 0.527. The van der Waals surface area contributed by atoms with E-state index in [9.17, 15) is 0 Å². The SMILES string of the molecule is [C-]#[N+]c1ccc(O)cc1. The minimum absolute atomic E-state index is 0.197. The highest BCUT2D eigenvalue weighted by molar-refractivity contribution is 5.46. The number of nitrogens with zero attached hydrogens (tertiary/aromatic N) is 1. The predicted octanol–water partition coefficient (Wildman–Crippen LogP) is 1.94. The van der Waals surface area contributed by atoms with Gasteiger partial charge in [-0.2, -0.15) is 0 Å². The lowest BCUT2D eigenvalue weighted by molar-refractivity contribution is 0.475. The van der Waals surface area contributed by atoms with Crippen molar-refractivity contribution in [3.63, 3.8) is 0 Å². The smallest absolute Gasteiger partial charge is 0.187 e. The zero-order valence-electron chi connectivity index (χ0n) is 4.70. The van der Waals surface area contributed by atoms with Crippen LogP contribution in [0.2, 0.25) is 0 Å². The summed E-state index contributed by atoms with van der Waals surface area (Å²) in [6.07, 6.45) is 0. The van der Waals surface area contributed by atoms with Crippen molar-refractivity contribution in [1.29, 1.82) is 0 Å². The maximum atomic E-state index is 8.75. The normalized spacial score (nSPS) is 8.33. The Hall–Kier alpha value is -1.49. The van der Waals surface area contributed by atoms with Crippen molar-refractivity contribution in [2.45, 2.75) is 0 Å². The molecule has 2 heteroatoms. The molecular formula is C7H5NO. The minimum atomic E-state index is 0.197. The average molecular weight is 119 g/mol. The first-order valence-corrected chi connectivity index (χ1v) is 2.49. The standard InChI is InChI=1S/C7H5NO/c1-8-6-2-4-7(9)5-3-6/h2-5,9H. The molecule has 0 bridgehead atoms. The lowest BCUT2D eigenvalue weighted by Crippen LogP contribution is -1.60. The number of benzene rings is 1. The van der Waals surface area contributed by atoms with Crippen molar-refractivity contribution < 1.29 is 5.11 Å². The van der Waals surface area contributed by atoms with E-state index in [0.717, 1.165) is 0 Å². The first kappa shape index (κ1) is 5.64.